The molecule has 1 N–H and O–H groups in total. The molecule has 0 unspecified atom stereocenters. The van der Waals surface area contributed by atoms with Crippen LogP contribution in [0.4, 0.5) is 0 Å². The van der Waals surface area contributed by atoms with E-state index in [4.69, 9.17) is 0 Å². The molecule has 2 fully saturated rings. The highest BCUT2D eigenvalue weighted by Gasteiger charge is 2.28. The summed E-state index contributed by atoms with van der Waals surface area (Å²) in [5, 5.41) is 0. The van der Waals surface area contributed by atoms with Crippen LogP contribution in [0.5, 0.6) is 0 Å². The van der Waals surface area contributed by atoms with E-state index in [0.29, 0.717) is 17.8 Å². The van der Waals surface area contributed by atoms with Gasteiger partial charge in [0, 0.05) is 18.0 Å². The Bertz CT molecular complexity index is 649. The zero-order valence-electron chi connectivity index (χ0n) is 9.97. The number of aromatic amines is 1. The molecule has 2 heterocycles. The van der Waals surface area contributed by atoms with E-state index in [1.807, 2.05) is 6.33 Å². The molecule has 0 spiro atoms. The molecule has 0 amide bonds. The molecule has 4 rings (SSSR count). The van der Waals surface area contributed by atoms with Gasteiger partial charge >= 0.3 is 0 Å². The Morgan fingerprint density at radius 2 is 2.11 bits per heavy atom. The lowest BCUT2D eigenvalue weighted by Crippen LogP contribution is -2.11. The summed E-state index contributed by atoms with van der Waals surface area (Å²) in [5.74, 6) is 1.15. The highest BCUT2D eigenvalue weighted by atomic mass is 16.1. The second kappa shape index (κ2) is 3.54. The van der Waals surface area contributed by atoms with Crippen LogP contribution in [0.3, 0.4) is 0 Å². The zero-order chi connectivity index (χ0) is 12.1. The fourth-order valence-corrected chi connectivity index (χ4v) is 2.32. The molecule has 0 saturated heterocycles. The van der Waals surface area contributed by atoms with Gasteiger partial charge in [-0.05, 0) is 25.7 Å². The lowest BCUT2D eigenvalue weighted by molar-refractivity contribution is 0.741. The molecule has 0 atom stereocenters. The van der Waals surface area contributed by atoms with E-state index in [1.165, 1.54) is 12.8 Å². The van der Waals surface area contributed by atoms with Gasteiger partial charge in [-0.2, -0.15) is 0 Å². The van der Waals surface area contributed by atoms with Crippen molar-refractivity contribution < 1.29 is 0 Å². The molecule has 2 saturated carbocycles. The van der Waals surface area contributed by atoms with Crippen LogP contribution in [-0.4, -0.2) is 19.5 Å². The minimum Gasteiger partial charge on any atom is -0.325 e. The maximum atomic E-state index is 11.7. The van der Waals surface area contributed by atoms with Crippen molar-refractivity contribution in [2.75, 3.05) is 0 Å². The largest absolute Gasteiger partial charge is 0.325 e. The Morgan fingerprint density at radius 1 is 1.28 bits per heavy atom. The average Bonchev–Trinajstić information content (AvgIpc) is 3.26. The van der Waals surface area contributed by atoms with Crippen molar-refractivity contribution in [3.63, 3.8) is 0 Å². The second-order valence-electron chi connectivity index (χ2n) is 5.21. The van der Waals surface area contributed by atoms with Crippen LogP contribution in [0.2, 0.25) is 0 Å². The molecule has 2 aromatic heterocycles. The predicted octanol–water partition coefficient (Wildman–Crippen LogP) is 1.85. The summed E-state index contributed by atoms with van der Waals surface area (Å²) >= 11 is 0. The van der Waals surface area contributed by atoms with Gasteiger partial charge in [-0.3, -0.25) is 4.79 Å². The van der Waals surface area contributed by atoms with Gasteiger partial charge in [-0.25, -0.2) is 9.97 Å². The Kier molecular flexibility index (Phi) is 1.98. The summed E-state index contributed by atoms with van der Waals surface area (Å²) in [6.07, 6.45) is 8.30. The number of imidazole rings is 1. The van der Waals surface area contributed by atoms with E-state index in [1.54, 1.807) is 12.3 Å². The molecule has 18 heavy (non-hydrogen) atoms. The number of nitrogens with one attached hydrogen (secondary N) is 1. The van der Waals surface area contributed by atoms with E-state index in [2.05, 4.69) is 19.5 Å². The lowest BCUT2D eigenvalue weighted by Gasteiger charge is -2.06. The Morgan fingerprint density at radius 3 is 2.83 bits per heavy atom. The molecule has 2 aliphatic carbocycles. The molecule has 5 nitrogen and oxygen atoms in total. The van der Waals surface area contributed by atoms with Crippen molar-refractivity contribution in [3.8, 4) is 11.5 Å². The number of H-pyrrole nitrogens is 1. The van der Waals surface area contributed by atoms with Crippen LogP contribution in [-0.2, 0) is 0 Å². The van der Waals surface area contributed by atoms with Crippen LogP contribution in [0, 0.1) is 0 Å². The van der Waals surface area contributed by atoms with Crippen LogP contribution < -0.4 is 5.56 Å². The normalized spacial score (nSPS) is 19.1. The minimum absolute atomic E-state index is 0.0644. The van der Waals surface area contributed by atoms with Crippen LogP contribution in [0.15, 0.2) is 23.4 Å². The fraction of sp³-hybridized carbons (Fsp3) is 0.462. The number of aromatic nitrogens is 4. The first-order chi connectivity index (χ1) is 8.81. The molecular formula is C13H14N4O. The van der Waals surface area contributed by atoms with Crippen molar-refractivity contribution in [2.45, 2.75) is 37.6 Å². The monoisotopic (exact) mass is 242 g/mol. The molecule has 0 radical (unpaired) electrons. The van der Waals surface area contributed by atoms with Gasteiger partial charge in [0.25, 0.3) is 5.56 Å². The van der Waals surface area contributed by atoms with Crippen molar-refractivity contribution in [1.29, 1.82) is 0 Å². The molecule has 0 aromatic carbocycles. The predicted molar refractivity (Wildman–Crippen MR) is 66.3 cm³/mol. The summed E-state index contributed by atoms with van der Waals surface area (Å²) in [6.45, 7) is 0. The molecule has 2 aliphatic rings. The van der Waals surface area contributed by atoms with E-state index in [-0.39, 0.29) is 5.56 Å². The zero-order valence-corrected chi connectivity index (χ0v) is 9.97. The highest BCUT2D eigenvalue weighted by Crippen LogP contribution is 2.40. The van der Waals surface area contributed by atoms with Gasteiger partial charge in [0.2, 0.25) is 0 Å². The van der Waals surface area contributed by atoms with Crippen LogP contribution in [0.1, 0.15) is 43.3 Å². The summed E-state index contributed by atoms with van der Waals surface area (Å²) < 4.78 is 2.12. The van der Waals surface area contributed by atoms with Gasteiger partial charge < -0.3 is 9.55 Å². The van der Waals surface area contributed by atoms with E-state index >= 15 is 0 Å². The van der Waals surface area contributed by atoms with Gasteiger partial charge in [-0.15, -0.1) is 0 Å². The van der Waals surface area contributed by atoms with Gasteiger partial charge in [-0.1, -0.05) is 0 Å². The number of rotatable bonds is 3. The van der Waals surface area contributed by atoms with Crippen molar-refractivity contribution in [1.82, 2.24) is 19.5 Å². The third-order valence-electron chi connectivity index (χ3n) is 3.61. The fourth-order valence-electron chi connectivity index (χ4n) is 2.32. The highest BCUT2D eigenvalue weighted by molar-refractivity contribution is 5.49. The first kappa shape index (κ1) is 10.1. The Hall–Kier alpha value is -1.91. The van der Waals surface area contributed by atoms with Crippen molar-refractivity contribution in [3.05, 3.63) is 34.6 Å². The second-order valence-corrected chi connectivity index (χ2v) is 5.21. The molecule has 0 aliphatic heterocycles. The molecule has 0 bridgehead atoms. The van der Waals surface area contributed by atoms with E-state index in [9.17, 15) is 4.79 Å². The van der Waals surface area contributed by atoms with Gasteiger partial charge in [0.1, 0.15) is 5.69 Å². The summed E-state index contributed by atoms with van der Waals surface area (Å²) in [7, 11) is 0. The van der Waals surface area contributed by atoms with Crippen molar-refractivity contribution >= 4 is 0 Å². The Labute approximate surface area is 104 Å². The number of hydrogen-bond donors (Lipinski definition) is 1. The standard InChI is InChI=1S/C13H14N4O/c18-12-5-10(8-1-2-8)15-13(16-12)11-6-14-7-17(11)9-3-4-9/h5-9H,1-4H2,(H,15,16,18). The molecule has 92 valence electrons. The average molecular weight is 242 g/mol. The SMILES string of the molecule is O=c1cc(C2CC2)nc(-c2cncn2C2CC2)[nH]1. The topological polar surface area (TPSA) is 63.6 Å². The van der Waals surface area contributed by atoms with Crippen molar-refractivity contribution in [2.24, 2.45) is 0 Å². The maximum absolute atomic E-state index is 11.7. The third kappa shape index (κ3) is 1.66. The third-order valence-corrected chi connectivity index (χ3v) is 3.61. The maximum Gasteiger partial charge on any atom is 0.251 e. The van der Waals surface area contributed by atoms with E-state index in [0.717, 1.165) is 24.2 Å². The minimum atomic E-state index is -0.0644. The van der Waals surface area contributed by atoms with Crippen LogP contribution >= 0.6 is 0 Å². The molecule has 2 aromatic rings. The first-order valence-corrected chi connectivity index (χ1v) is 6.45. The van der Waals surface area contributed by atoms with Crippen LogP contribution in [0.25, 0.3) is 11.5 Å². The summed E-state index contributed by atoms with van der Waals surface area (Å²) in [5.41, 5.74) is 1.79. The lowest BCUT2D eigenvalue weighted by atomic mass is 10.2. The molecular weight excluding hydrogens is 228 g/mol. The number of nitrogens with zero attached hydrogens (tertiary/aromatic N) is 3. The van der Waals surface area contributed by atoms with Gasteiger partial charge in [0.05, 0.1) is 18.2 Å². The smallest absolute Gasteiger partial charge is 0.251 e. The Balaban J connectivity index is 1.83. The summed E-state index contributed by atoms with van der Waals surface area (Å²) in [4.78, 5) is 23.3. The molecule has 5 heteroatoms. The summed E-state index contributed by atoms with van der Waals surface area (Å²) in [6, 6.07) is 2.16. The van der Waals surface area contributed by atoms with E-state index < -0.39 is 0 Å². The van der Waals surface area contributed by atoms with Gasteiger partial charge in [0.15, 0.2) is 5.82 Å². The quantitative estimate of drug-likeness (QED) is 0.893. The first-order valence-electron chi connectivity index (χ1n) is 6.45. The number of hydrogen-bond acceptors (Lipinski definition) is 3.